The molecule has 5 nitrogen and oxygen atoms in total. The summed E-state index contributed by atoms with van der Waals surface area (Å²) in [5.41, 5.74) is 7.00. The van der Waals surface area contributed by atoms with E-state index >= 15 is 0 Å². The number of para-hydroxylation sites is 1. The normalized spacial score (nSPS) is 16.9. The molecule has 6 heteroatoms. The minimum absolute atomic E-state index is 0.572. The van der Waals surface area contributed by atoms with E-state index in [4.69, 9.17) is 5.73 Å². The van der Waals surface area contributed by atoms with Gasteiger partial charge in [-0.3, -0.25) is 4.90 Å². The number of nitrogens with two attached hydrogens (primary N) is 1. The Labute approximate surface area is 139 Å². The molecule has 0 atom stereocenters. The Kier molecular flexibility index (Phi) is 3.93. The minimum atomic E-state index is 0.572. The lowest BCUT2D eigenvalue weighted by Gasteiger charge is -2.30. The van der Waals surface area contributed by atoms with Crippen molar-refractivity contribution in [3.63, 3.8) is 0 Å². The molecule has 2 N–H and O–H groups in total. The van der Waals surface area contributed by atoms with Crippen molar-refractivity contribution in [3.05, 3.63) is 46.7 Å². The molecule has 3 aromatic rings. The first-order chi connectivity index (χ1) is 11.3. The highest BCUT2D eigenvalue weighted by atomic mass is 32.1. The van der Waals surface area contributed by atoms with Crippen LogP contribution in [-0.4, -0.2) is 32.9 Å². The Morgan fingerprint density at radius 3 is 2.78 bits per heavy atom. The summed E-state index contributed by atoms with van der Waals surface area (Å²) in [5, 5.41) is 4.27. The van der Waals surface area contributed by atoms with Gasteiger partial charge in [0.15, 0.2) is 0 Å². The molecule has 23 heavy (non-hydrogen) atoms. The monoisotopic (exact) mass is 325 g/mol. The van der Waals surface area contributed by atoms with Crippen LogP contribution in [0, 0.1) is 0 Å². The second-order valence-corrected chi connectivity index (χ2v) is 6.89. The SMILES string of the molecule is Nc1nc(CN2CCC(c3nccs3)CC2)nc2ccccc12. The van der Waals surface area contributed by atoms with E-state index in [1.54, 1.807) is 11.3 Å². The molecule has 0 unspecified atom stereocenters. The van der Waals surface area contributed by atoms with Gasteiger partial charge in [0.1, 0.15) is 11.6 Å². The number of rotatable bonds is 3. The minimum Gasteiger partial charge on any atom is -0.383 e. The first-order valence-electron chi connectivity index (χ1n) is 7.92. The highest BCUT2D eigenvalue weighted by Gasteiger charge is 2.23. The maximum absolute atomic E-state index is 6.07. The Morgan fingerprint density at radius 2 is 2.00 bits per heavy atom. The van der Waals surface area contributed by atoms with Crippen LogP contribution in [0.25, 0.3) is 10.9 Å². The predicted molar refractivity (Wildman–Crippen MR) is 93.3 cm³/mol. The number of hydrogen-bond donors (Lipinski definition) is 1. The van der Waals surface area contributed by atoms with Gasteiger partial charge in [-0.2, -0.15) is 0 Å². The lowest BCUT2D eigenvalue weighted by Crippen LogP contribution is -2.33. The van der Waals surface area contributed by atoms with Gasteiger partial charge < -0.3 is 5.73 Å². The topological polar surface area (TPSA) is 67.9 Å². The molecule has 4 rings (SSSR count). The molecular weight excluding hydrogens is 306 g/mol. The summed E-state index contributed by atoms with van der Waals surface area (Å²) < 4.78 is 0. The summed E-state index contributed by atoms with van der Waals surface area (Å²) in [7, 11) is 0. The molecule has 3 heterocycles. The summed E-state index contributed by atoms with van der Waals surface area (Å²) in [6, 6.07) is 7.91. The molecule has 0 amide bonds. The number of thiazole rings is 1. The average Bonchev–Trinajstić information content (AvgIpc) is 3.10. The fraction of sp³-hybridized carbons (Fsp3) is 0.353. The summed E-state index contributed by atoms with van der Waals surface area (Å²) in [6.07, 6.45) is 4.20. The second kappa shape index (κ2) is 6.22. The summed E-state index contributed by atoms with van der Waals surface area (Å²) in [4.78, 5) is 16.0. The molecule has 0 bridgehead atoms. The fourth-order valence-electron chi connectivity index (χ4n) is 3.20. The number of nitrogen functional groups attached to an aromatic ring is 1. The first-order valence-corrected chi connectivity index (χ1v) is 8.80. The molecule has 0 saturated carbocycles. The molecule has 118 valence electrons. The third kappa shape index (κ3) is 3.04. The molecular formula is C17H19N5S. The van der Waals surface area contributed by atoms with Crippen molar-refractivity contribution in [1.82, 2.24) is 19.9 Å². The van der Waals surface area contributed by atoms with Crippen molar-refractivity contribution in [2.24, 2.45) is 0 Å². The molecule has 2 aromatic heterocycles. The van der Waals surface area contributed by atoms with E-state index in [2.05, 4.69) is 25.2 Å². The van der Waals surface area contributed by atoms with Gasteiger partial charge in [0.2, 0.25) is 0 Å². The largest absolute Gasteiger partial charge is 0.383 e. The third-order valence-corrected chi connectivity index (χ3v) is 5.37. The number of anilines is 1. The molecule has 0 radical (unpaired) electrons. The van der Waals surface area contributed by atoms with Crippen LogP contribution in [-0.2, 0) is 6.54 Å². The lowest BCUT2D eigenvalue weighted by molar-refractivity contribution is 0.200. The van der Waals surface area contributed by atoms with E-state index in [9.17, 15) is 0 Å². The van der Waals surface area contributed by atoms with Crippen LogP contribution in [0.1, 0.15) is 29.6 Å². The van der Waals surface area contributed by atoms with Gasteiger partial charge in [-0.1, -0.05) is 12.1 Å². The molecule has 1 fully saturated rings. The Balaban J connectivity index is 1.45. The van der Waals surface area contributed by atoms with Crippen LogP contribution in [0.3, 0.4) is 0 Å². The number of hydrogen-bond acceptors (Lipinski definition) is 6. The van der Waals surface area contributed by atoms with Crippen molar-refractivity contribution in [1.29, 1.82) is 0 Å². The maximum atomic E-state index is 6.07. The predicted octanol–water partition coefficient (Wildman–Crippen LogP) is 3.05. The third-order valence-electron chi connectivity index (χ3n) is 4.43. The summed E-state index contributed by atoms with van der Waals surface area (Å²) in [5.74, 6) is 1.99. The van der Waals surface area contributed by atoms with Gasteiger partial charge in [0, 0.05) is 22.9 Å². The lowest BCUT2D eigenvalue weighted by atomic mass is 9.97. The van der Waals surface area contributed by atoms with Crippen molar-refractivity contribution >= 4 is 28.1 Å². The van der Waals surface area contributed by atoms with Gasteiger partial charge in [0.05, 0.1) is 17.1 Å². The van der Waals surface area contributed by atoms with E-state index in [0.717, 1.165) is 49.2 Å². The van der Waals surface area contributed by atoms with Gasteiger partial charge >= 0.3 is 0 Å². The van der Waals surface area contributed by atoms with Crippen LogP contribution in [0.5, 0.6) is 0 Å². The highest BCUT2D eigenvalue weighted by Crippen LogP contribution is 2.29. The zero-order chi connectivity index (χ0) is 15.6. The van der Waals surface area contributed by atoms with Crippen LogP contribution < -0.4 is 5.73 Å². The molecule has 1 saturated heterocycles. The van der Waals surface area contributed by atoms with E-state index < -0.39 is 0 Å². The molecule has 0 spiro atoms. The van der Waals surface area contributed by atoms with Crippen LogP contribution in [0.4, 0.5) is 5.82 Å². The Hall–Kier alpha value is -2.05. The van der Waals surface area contributed by atoms with E-state index in [-0.39, 0.29) is 0 Å². The van der Waals surface area contributed by atoms with E-state index in [1.165, 1.54) is 5.01 Å². The molecule has 1 aliphatic rings. The number of nitrogens with zero attached hydrogens (tertiary/aromatic N) is 4. The Morgan fingerprint density at radius 1 is 1.17 bits per heavy atom. The molecule has 1 aromatic carbocycles. The van der Waals surface area contributed by atoms with Gasteiger partial charge in [-0.15, -0.1) is 11.3 Å². The van der Waals surface area contributed by atoms with Crippen LogP contribution >= 0.6 is 11.3 Å². The van der Waals surface area contributed by atoms with Gasteiger partial charge in [-0.25, -0.2) is 15.0 Å². The molecule has 1 aliphatic heterocycles. The van der Waals surface area contributed by atoms with E-state index in [0.29, 0.717) is 11.7 Å². The molecule has 0 aliphatic carbocycles. The second-order valence-electron chi connectivity index (χ2n) is 5.96. The van der Waals surface area contributed by atoms with Crippen molar-refractivity contribution in [2.75, 3.05) is 18.8 Å². The number of fused-ring (bicyclic) bond motifs is 1. The van der Waals surface area contributed by atoms with Crippen molar-refractivity contribution in [2.45, 2.75) is 25.3 Å². The standard InChI is InChI=1S/C17H19N5S/c18-16-13-3-1-2-4-14(13)20-15(21-16)11-22-8-5-12(6-9-22)17-19-7-10-23-17/h1-4,7,10,12H,5-6,8-9,11H2,(H2,18,20,21). The zero-order valence-electron chi connectivity index (χ0n) is 12.9. The fourth-order valence-corrected chi connectivity index (χ4v) is 4.01. The number of benzene rings is 1. The number of likely N-dealkylation sites (tertiary alicyclic amines) is 1. The first kappa shape index (κ1) is 14.5. The summed E-state index contributed by atoms with van der Waals surface area (Å²) in [6.45, 7) is 2.88. The summed E-state index contributed by atoms with van der Waals surface area (Å²) >= 11 is 1.77. The maximum Gasteiger partial charge on any atom is 0.145 e. The zero-order valence-corrected chi connectivity index (χ0v) is 13.7. The van der Waals surface area contributed by atoms with Crippen molar-refractivity contribution < 1.29 is 0 Å². The van der Waals surface area contributed by atoms with Crippen LogP contribution in [0.15, 0.2) is 35.8 Å². The quantitative estimate of drug-likeness (QED) is 0.801. The number of piperidine rings is 1. The van der Waals surface area contributed by atoms with Crippen LogP contribution in [0.2, 0.25) is 0 Å². The van der Waals surface area contributed by atoms with Crippen molar-refractivity contribution in [3.8, 4) is 0 Å². The van der Waals surface area contributed by atoms with Gasteiger partial charge in [-0.05, 0) is 38.1 Å². The van der Waals surface area contributed by atoms with E-state index in [1.807, 2.05) is 30.5 Å². The van der Waals surface area contributed by atoms with Gasteiger partial charge in [0.25, 0.3) is 0 Å². The Bertz CT molecular complexity index is 794. The smallest absolute Gasteiger partial charge is 0.145 e. The highest BCUT2D eigenvalue weighted by molar-refractivity contribution is 7.09. The average molecular weight is 325 g/mol. The number of aromatic nitrogens is 3.